The first-order chi connectivity index (χ1) is 8.76. The quantitative estimate of drug-likeness (QED) is 0.766. The van der Waals surface area contributed by atoms with Crippen LogP contribution in [0.25, 0.3) is 0 Å². The Morgan fingerprint density at radius 3 is 2.78 bits per heavy atom. The number of anilines is 1. The SMILES string of the molecule is CCN(Cc1cccs1)c1c(F)cccc1C=O. The number of carbonyl (C=O) groups excluding carboxylic acids is 1. The highest BCUT2D eigenvalue weighted by molar-refractivity contribution is 7.09. The number of nitrogens with zero attached hydrogens (tertiary/aromatic N) is 1. The van der Waals surface area contributed by atoms with Gasteiger partial charge in [-0.15, -0.1) is 11.3 Å². The van der Waals surface area contributed by atoms with Gasteiger partial charge in [0.15, 0.2) is 6.29 Å². The second-order valence-electron chi connectivity index (χ2n) is 3.89. The molecule has 0 radical (unpaired) electrons. The summed E-state index contributed by atoms with van der Waals surface area (Å²) in [5.74, 6) is -0.349. The molecule has 0 aliphatic rings. The Morgan fingerprint density at radius 1 is 1.33 bits per heavy atom. The fourth-order valence-corrected chi connectivity index (χ4v) is 2.62. The van der Waals surface area contributed by atoms with Gasteiger partial charge in [0.25, 0.3) is 0 Å². The molecule has 4 heteroatoms. The standard InChI is InChI=1S/C14H14FNOS/c1-2-16(9-12-6-4-8-18-12)14-11(10-17)5-3-7-13(14)15/h3-8,10H,2,9H2,1H3. The Kier molecular flexibility index (Phi) is 4.10. The molecule has 0 aliphatic heterocycles. The Hall–Kier alpha value is -1.68. The van der Waals surface area contributed by atoms with E-state index in [1.807, 2.05) is 29.3 Å². The average Bonchev–Trinajstić information content (AvgIpc) is 2.89. The second-order valence-corrected chi connectivity index (χ2v) is 4.92. The van der Waals surface area contributed by atoms with Crippen LogP contribution in [0.1, 0.15) is 22.2 Å². The maximum absolute atomic E-state index is 13.9. The Balaban J connectivity index is 2.35. The predicted octanol–water partition coefficient (Wildman–Crippen LogP) is 3.73. The van der Waals surface area contributed by atoms with Crippen molar-refractivity contribution in [3.8, 4) is 0 Å². The lowest BCUT2D eigenvalue weighted by atomic mass is 10.1. The van der Waals surface area contributed by atoms with Crippen LogP contribution in [0.3, 0.4) is 0 Å². The number of para-hydroxylation sites is 1. The van der Waals surface area contributed by atoms with Gasteiger partial charge in [0.1, 0.15) is 5.82 Å². The molecule has 0 bridgehead atoms. The van der Waals surface area contributed by atoms with E-state index in [0.29, 0.717) is 30.6 Å². The summed E-state index contributed by atoms with van der Waals surface area (Å²) in [6, 6.07) is 8.56. The van der Waals surface area contributed by atoms with E-state index >= 15 is 0 Å². The lowest BCUT2D eigenvalue weighted by molar-refractivity contribution is 0.112. The maximum atomic E-state index is 13.9. The molecule has 0 unspecified atom stereocenters. The summed E-state index contributed by atoms with van der Waals surface area (Å²) in [5, 5.41) is 1.99. The zero-order valence-corrected chi connectivity index (χ0v) is 10.9. The van der Waals surface area contributed by atoms with Crippen LogP contribution in [-0.4, -0.2) is 12.8 Å². The smallest absolute Gasteiger partial charge is 0.152 e. The molecule has 18 heavy (non-hydrogen) atoms. The minimum atomic E-state index is -0.349. The van der Waals surface area contributed by atoms with E-state index in [1.165, 1.54) is 6.07 Å². The molecule has 1 aromatic carbocycles. The largest absolute Gasteiger partial charge is 0.364 e. The molecular weight excluding hydrogens is 249 g/mol. The molecule has 0 aliphatic carbocycles. The molecule has 0 fully saturated rings. The van der Waals surface area contributed by atoms with Crippen molar-refractivity contribution in [3.05, 3.63) is 52.0 Å². The Morgan fingerprint density at radius 2 is 2.17 bits per heavy atom. The lowest BCUT2D eigenvalue weighted by Crippen LogP contribution is -2.24. The number of rotatable bonds is 5. The van der Waals surface area contributed by atoms with Gasteiger partial charge in [0.05, 0.1) is 12.2 Å². The maximum Gasteiger partial charge on any atom is 0.152 e. The summed E-state index contributed by atoms with van der Waals surface area (Å²) in [6.45, 7) is 3.23. The molecule has 1 aromatic heterocycles. The third kappa shape index (κ3) is 2.59. The van der Waals surface area contributed by atoms with Crippen LogP contribution >= 0.6 is 11.3 Å². The van der Waals surface area contributed by atoms with Crippen LogP contribution in [0.2, 0.25) is 0 Å². The average molecular weight is 263 g/mol. The van der Waals surface area contributed by atoms with Crippen molar-refractivity contribution in [2.75, 3.05) is 11.4 Å². The molecule has 0 N–H and O–H groups in total. The number of thiophene rings is 1. The summed E-state index contributed by atoms with van der Waals surface area (Å²) < 4.78 is 13.9. The van der Waals surface area contributed by atoms with Crippen molar-refractivity contribution >= 4 is 23.3 Å². The normalized spacial score (nSPS) is 10.3. The number of halogens is 1. The lowest BCUT2D eigenvalue weighted by Gasteiger charge is -2.24. The summed E-state index contributed by atoms with van der Waals surface area (Å²) in [7, 11) is 0. The van der Waals surface area contributed by atoms with Gasteiger partial charge < -0.3 is 4.90 Å². The van der Waals surface area contributed by atoms with Gasteiger partial charge in [-0.2, -0.15) is 0 Å². The van der Waals surface area contributed by atoms with E-state index in [4.69, 9.17) is 0 Å². The molecule has 0 spiro atoms. The summed E-state index contributed by atoms with van der Waals surface area (Å²) in [5.41, 5.74) is 0.789. The zero-order chi connectivity index (χ0) is 13.0. The molecule has 2 nitrogen and oxygen atoms in total. The first kappa shape index (κ1) is 12.8. The molecule has 0 atom stereocenters. The van der Waals surface area contributed by atoms with E-state index in [9.17, 15) is 9.18 Å². The van der Waals surface area contributed by atoms with Crippen LogP contribution in [0.5, 0.6) is 0 Å². The summed E-state index contributed by atoms with van der Waals surface area (Å²) in [6.07, 6.45) is 0.704. The molecular formula is C14H14FNOS. The van der Waals surface area contributed by atoms with Gasteiger partial charge >= 0.3 is 0 Å². The zero-order valence-electron chi connectivity index (χ0n) is 10.1. The summed E-state index contributed by atoms with van der Waals surface area (Å²) in [4.78, 5) is 14.0. The highest BCUT2D eigenvalue weighted by Crippen LogP contribution is 2.25. The monoisotopic (exact) mass is 263 g/mol. The van der Waals surface area contributed by atoms with Crippen molar-refractivity contribution in [2.24, 2.45) is 0 Å². The van der Waals surface area contributed by atoms with Gasteiger partial charge in [-0.05, 0) is 30.5 Å². The van der Waals surface area contributed by atoms with Gasteiger partial charge in [-0.1, -0.05) is 12.1 Å². The fourth-order valence-electron chi connectivity index (χ4n) is 1.90. The third-order valence-electron chi connectivity index (χ3n) is 2.77. The van der Waals surface area contributed by atoms with Crippen molar-refractivity contribution in [1.82, 2.24) is 0 Å². The molecule has 2 rings (SSSR count). The van der Waals surface area contributed by atoms with E-state index in [0.717, 1.165) is 4.88 Å². The van der Waals surface area contributed by atoms with Crippen molar-refractivity contribution in [1.29, 1.82) is 0 Å². The van der Waals surface area contributed by atoms with Crippen LogP contribution in [-0.2, 0) is 6.54 Å². The molecule has 0 saturated heterocycles. The number of hydrogen-bond donors (Lipinski definition) is 0. The van der Waals surface area contributed by atoms with Crippen LogP contribution in [0.15, 0.2) is 35.7 Å². The van der Waals surface area contributed by atoms with Crippen LogP contribution < -0.4 is 4.90 Å². The Labute approximate surface area is 110 Å². The van der Waals surface area contributed by atoms with Crippen LogP contribution in [0.4, 0.5) is 10.1 Å². The van der Waals surface area contributed by atoms with Crippen LogP contribution in [0, 0.1) is 5.82 Å². The van der Waals surface area contributed by atoms with Gasteiger partial charge in [0, 0.05) is 17.0 Å². The highest BCUT2D eigenvalue weighted by atomic mass is 32.1. The van der Waals surface area contributed by atoms with Gasteiger partial charge in [-0.25, -0.2) is 4.39 Å². The topological polar surface area (TPSA) is 20.3 Å². The number of hydrogen-bond acceptors (Lipinski definition) is 3. The number of carbonyl (C=O) groups is 1. The third-order valence-corrected chi connectivity index (χ3v) is 3.63. The number of aldehydes is 1. The highest BCUT2D eigenvalue weighted by Gasteiger charge is 2.15. The van der Waals surface area contributed by atoms with Gasteiger partial charge in [0.2, 0.25) is 0 Å². The van der Waals surface area contributed by atoms with Gasteiger partial charge in [-0.3, -0.25) is 4.79 Å². The molecule has 1 heterocycles. The van der Waals surface area contributed by atoms with E-state index in [1.54, 1.807) is 23.5 Å². The predicted molar refractivity (Wildman–Crippen MR) is 72.8 cm³/mol. The Bertz CT molecular complexity index is 525. The van der Waals surface area contributed by atoms with Crippen molar-refractivity contribution in [2.45, 2.75) is 13.5 Å². The second kappa shape index (κ2) is 5.78. The molecule has 94 valence electrons. The first-order valence-electron chi connectivity index (χ1n) is 5.77. The fraction of sp³-hybridized carbons (Fsp3) is 0.214. The van der Waals surface area contributed by atoms with E-state index < -0.39 is 0 Å². The van der Waals surface area contributed by atoms with E-state index in [2.05, 4.69) is 0 Å². The minimum Gasteiger partial charge on any atom is -0.364 e. The van der Waals surface area contributed by atoms with E-state index in [-0.39, 0.29) is 5.82 Å². The molecule has 0 amide bonds. The van der Waals surface area contributed by atoms with Crippen molar-refractivity contribution in [3.63, 3.8) is 0 Å². The summed E-state index contributed by atoms with van der Waals surface area (Å²) >= 11 is 1.63. The molecule has 0 saturated carbocycles. The minimum absolute atomic E-state index is 0.349. The van der Waals surface area contributed by atoms with Crippen molar-refractivity contribution < 1.29 is 9.18 Å². The first-order valence-corrected chi connectivity index (χ1v) is 6.65. The number of benzene rings is 1. The molecule has 2 aromatic rings.